The Labute approximate surface area is 200 Å². The van der Waals surface area contributed by atoms with Gasteiger partial charge < -0.3 is 9.80 Å². The predicted octanol–water partition coefficient (Wildman–Crippen LogP) is 4.82. The summed E-state index contributed by atoms with van der Waals surface area (Å²) < 4.78 is 0. The van der Waals surface area contributed by atoms with E-state index in [1.165, 1.54) is 12.1 Å². The number of amides is 1. The molecular weight excluding hydrogens is 454 g/mol. The van der Waals surface area contributed by atoms with Gasteiger partial charge in [-0.15, -0.1) is 0 Å². The second-order valence-corrected chi connectivity index (χ2v) is 8.42. The van der Waals surface area contributed by atoms with Crippen molar-refractivity contribution in [3.05, 3.63) is 93.5 Å². The third-order valence-electron chi connectivity index (χ3n) is 5.87. The van der Waals surface area contributed by atoms with Gasteiger partial charge in [0.1, 0.15) is 0 Å². The number of hydrogen-bond donors (Lipinski definition) is 0. The molecule has 0 atom stereocenters. The van der Waals surface area contributed by atoms with Crippen LogP contribution in [0.2, 0.25) is 5.02 Å². The number of carbonyl (C=O) groups excluding carboxylic acids is 1. The molecule has 1 aromatic heterocycles. The van der Waals surface area contributed by atoms with Crippen LogP contribution in [-0.4, -0.2) is 51.9 Å². The van der Waals surface area contributed by atoms with Crippen LogP contribution in [0.25, 0.3) is 22.2 Å². The number of aromatic nitrogens is 2. The van der Waals surface area contributed by atoms with Gasteiger partial charge in [-0.1, -0.05) is 41.9 Å². The third kappa shape index (κ3) is 4.27. The number of fused-ring (bicyclic) bond motifs is 1. The van der Waals surface area contributed by atoms with E-state index < -0.39 is 4.92 Å². The van der Waals surface area contributed by atoms with Crippen LogP contribution < -0.4 is 4.90 Å². The average Bonchev–Trinajstić information content (AvgIpc) is 2.88. The number of anilines is 1. The molecule has 34 heavy (non-hydrogen) atoms. The summed E-state index contributed by atoms with van der Waals surface area (Å²) in [7, 11) is 0. The molecule has 2 heterocycles. The number of nitrogens with zero attached hydrogens (tertiary/aromatic N) is 5. The van der Waals surface area contributed by atoms with E-state index in [4.69, 9.17) is 21.6 Å². The minimum absolute atomic E-state index is 0.00430. The summed E-state index contributed by atoms with van der Waals surface area (Å²) in [5.41, 5.74) is 2.73. The molecule has 1 aliphatic heterocycles. The number of piperazine rings is 1. The van der Waals surface area contributed by atoms with Gasteiger partial charge in [-0.2, -0.15) is 0 Å². The first-order chi connectivity index (χ1) is 16.5. The normalized spacial score (nSPS) is 13.8. The predicted molar refractivity (Wildman–Crippen MR) is 131 cm³/mol. The number of hydrogen-bond acceptors (Lipinski definition) is 6. The minimum atomic E-state index is -0.418. The second kappa shape index (κ2) is 9.07. The van der Waals surface area contributed by atoms with Crippen molar-refractivity contribution in [2.45, 2.75) is 0 Å². The van der Waals surface area contributed by atoms with E-state index in [1.807, 2.05) is 40.1 Å². The smallest absolute Gasteiger partial charge is 0.270 e. The monoisotopic (exact) mass is 473 g/mol. The highest BCUT2D eigenvalue weighted by atomic mass is 35.5. The zero-order valence-corrected chi connectivity index (χ0v) is 18.9. The lowest BCUT2D eigenvalue weighted by Crippen LogP contribution is -2.49. The topological polar surface area (TPSA) is 92.5 Å². The van der Waals surface area contributed by atoms with Crippen molar-refractivity contribution in [3.63, 3.8) is 0 Å². The molecule has 5 rings (SSSR count). The number of benzene rings is 3. The molecule has 0 N–H and O–H groups in total. The van der Waals surface area contributed by atoms with Crippen LogP contribution >= 0.6 is 11.6 Å². The lowest BCUT2D eigenvalue weighted by Gasteiger charge is -2.35. The van der Waals surface area contributed by atoms with Gasteiger partial charge >= 0.3 is 0 Å². The molecule has 0 aliphatic carbocycles. The molecule has 4 aromatic rings. The molecule has 0 bridgehead atoms. The molecule has 1 saturated heterocycles. The van der Waals surface area contributed by atoms with Crippen molar-refractivity contribution in [3.8, 4) is 11.3 Å². The summed E-state index contributed by atoms with van der Waals surface area (Å²) >= 11 is 5.93. The number of non-ortho nitro benzene ring substituents is 1. The van der Waals surface area contributed by atoms with Crippen LogP contribution in [0.1, 0.15) is 10.4 Å². The first-order valence-electron chi connectivity index (χ1n) is 10.8. The largest absolute Gasteiger partial charge is 0.337 e. The highest BCUT2D eigenvalue weighted by Crippen LogP contribution is 2.31. The number of nitro groups is 1. The molecule has 0 saturated carbocycles. The standard InChI is InChI=1S/C25H20ClN5O3/c26-19-8-6-18(7-9-19)24(32)29-12-14-30(15-13-29)25-27-22-11-10-20(31(33)34)16-21(22)23(28-25)17-4-2-1-3-5-17/h1-11,16H,12-15H2. The van der Waals surface area contributed by atoms with Crippen molar-refractivity contribution in [2.24, 2.45) is 0 Å². The Bertz CT molecular complexity index is 1370. The van der Waals surface area contributed by atoms with Crippen LogP contribution in [0.15, 0.2) is 72.8 Å². The van der Waals surface area contributed by atoms with Crippen molar-refractivity contribution in [2.75, 3.05) is 31.1 Å². The van der Waals surface area contributed by atoms with Crippen molar-refractivity contribution in [1.82, 2.24) is 14.9 Å². The maximum atomic E-state index is 12.8. The lowest BCUT2D eigenvalue weighted by atomic mass is 10.1. The Morgan fingerprint density at radius 3 is 2.29 bits per heavy atom. The molecule has 3 aromatic carbocycles. The molecule has 1 fully saturated rings. The summed E-state index contributed by atoms with van der Waals surface area (Å²) in [6.45, 7) is 2.21. The van der Waals surface area contributed by atoms with E-state index in [0.29, 0.717) is 59.3 Å². The molecule has 9 heteroatoms. The van der Waals surface area contributed by atoms with E-state index in [9.17, 15) is 14.9 Å². The minimum Gasteiger partial charge on any atom is -0.337 e. The molecule has 1 aliphatic rings. The fourth-order valence-corrected chi connectivity index (χ4v) is 4.19. The fraction of sp³-hybridized carbons (Fsp3) is 0.160. The van der Waals surface area contributed by atoms with Gasteiger partial charge in [-0.3, -0.25) is 14.9 Å². The first-order valence-corrected chi connectivity index (χ1v) is 11.2. The van der Waals surface area contributed by atoms with Crippen LogP contribution in [0.4, 0.5) is 11.6 Å². The summed E-state index contributed by atoms with van der Waals surface area (Å²) in [6, 6.07) is 21.1. The SMILES string of the molecule is O=C(c1ccc(Cl)cc1)N1CCN(c2nc(-c3ccccc3)c3cc([N+](=O)[O-])ccc3n2)CC1. The van der Waals surface area contributed by atoms with Gasteiger partial charge in [0.15, 0.2) is 0 Å². The number of carbonyl (C=O) groups is 1. The van der Waals surface area contributed by atoms with E-state index in [0.717, 1.165) is 5.56 Å². The zero-order valence-electron chi connectivity index (χ0n) is 18.1. The molecule has 8 nitrogen and oxygen atoms in total. The van der Waals surface area contributed by atoms with Gasteiger partial charge in [0, 0.05) is 59.8 Å². The Hall–Kier alpha value is -4.04. The van der Waals surface area contributed by atoms with E-state index in [2.05, 4.69) is 0 Å². The number of rotatable bonds is 4. The molecule has 1 amide bonds. The molecule has 0 unspecified atom stereocenters. The molecule has 0 radical (unpaired) electrons. The van der Waals surface area contributed by atoms with Crippen LogP contribution in [0, 0.1) is 10.1 Å². The highest BCUT2D eigenvalue weighted by Gasteiger charge is 2.25. The van der Waals surface area contributed by atoms with Crippen LogP contribution in [-0.2, 0) is 0 Å². The Morgan fingerprint density at radius 1 is 0.912 bits per heavy atom. The lowest BCUT2D eigenvalue weighted by molar-refractivity contribution is -0.384. The summed E-state index contributed by atoms with van der Waals surface area (Å²) in [6.07, 6.45) is 0. The first kappa shape index (κ1) is 21.8. The zero-order chi connectivity index (χ0) is 23.7. The van der Waals surface area contributed by atoms with Gasteiger partial charge in [-0.25, -0.2) is 9.97 Å². The van der Waals surface area contributed by atoms with Crippen LogP contribution in [0.5, 0.6) is 0 Å². The second-order valence-electron chi connectivity index (χ2n) is 7.98. The van der Waals surface area contributed by atoms with Gasteiger partial charge in [0.25, 0.3) is 11.6 Å². The number of nitro benzene ring substituents is 1. The van der Waals surface area contributed by atoms with Gasteiger partial charge in [-0.05, 0) is 30.3 Å². The third-order valence-corrected chi connectivity index (χ3v) is 6.12. The van der Waals surface area contributed by atoms with Crippen molar-refractivity contribution < 1.29 is 9.72 Å². The Kier molecular flexibility index (Phi) is 5.81. The average molecular weight is 474 g/mol. The van der Waals surface area contributed by atoms with Crippen LogP contribution in [0.3, 0.4) is 0 Å². The van der Waals surface area contributed by atoms with E-state index in [-0.39, 0.29) is 11.6 Å². The maximum absolute atomic E-state index is 12.8. The molecular formula is C25H20ClN5O3. The highest BCUT2D eigenvalue weighted by molar-refractivity contribution is 6.30. The summed E-state index contributed by atoms with van der Waals surface area (Å²) in [5.74, 6) is 0.506. The molecule has 0 spiro atoms. The maximum Gasteiger partial charge on any atom is 0.270 e. The van der Waals surface area contributed by atoms with Crippen molar-refractivity contribution in [1.29, 1.82) is 0 Å². The van der Waals surface area contributed by atoms with E-state index >= 15 is 0 Å². The Morgan fingerprint density at radius 2 is 1.62 bits per heavy atom. The van der Waals surface area contributed by atoms with Gasteiger partial charge in [0.2, 0.25) is 5.95 Å². The number of halogens is 1. The van der Waals surface area contributed by atoms with Gasteiger partial charge in [0.05, 0.1) is 16.1 Å². The van der Waals surface area contributed by atoms with Crippen molar-refractivity contribution >= 4 is 40.0 Å². The quantitative estimate of drug-likeness (QED) is 0.311. The molecule has 170 valence electrons. The summed E-state index contributed by atoms with van der Waals surface area (Å²) in [4.78, 5) is 37.1. The summed E-state index contributed by atoms with van der Waals surface area (Å²) in [5, 5.41) is 12.5. The van der Waals surface area contributed by atoms with E-state index in [1.54, 1.807) is 30.3 Å². The fourth-order valence-electron chi connectivity index (χ4n) is 4.06. The Balaban J connectivity index is 1.44.